The number of rotatable bonds is 10. The molecule has 238 valence electrons. The van der Waals surface area contributed by atoms with Crippen molar-refractivity contribution < 1.29 is 37.5 Å². The lowest BCUT2D eigenvalue weighted by molar-refractivity contribution is -0.139. The summed E-state index contributed by atoms with van der Waals surface area (Å²) in [4.78, 5) is 30.1. The molecule has 3 rings (SSSR count). The first kappa shape index (κ1) is 34.7. The molecule has 0 radical (unpaired) electrons. The highest BCUT2D eigenvalue weighted by atomic mass is 19.4. The summed E-state index contributed by atoms with van der Waals surface area (Å²) in [6.45, 7) is 13.2. The van der Waals surface area contributed by atoms with Crippen LogP contribution < -0.4 is 5.32 Å². The minimum Gasteiger partial charge on any atom is -0.444 e. The Morgan fingerprint density at radius 3 is 2.40 bits per heavy atom. The van der Waals surface area contributed by atoms with Crippen molar-refractivity contribution >= 4 is 19.1 Å². The molecule has 2 amide bonds. The molecule has 2 unspecified atom stereocenters. The van der Waals surface area contributed by atoms with Crippen molar-refractivity contribution in [3.05, 3.63) is 35.4 Å². The summed E-state index contributed by atoms with van der Waals surface area (Å²) in [6, 6.07) is 6.38. The predicted molar refractivity (Wildman–Crippen MR) is 155 cm³/mol. The van der Waals surface area contributed by atoms with E-state index in [1.807, 2.05) is 6.92 Å². The zero-order valence-electron chi connectivity index (χ0n) is 25.7. The second-order valence-corrected chi connectivity index (χ2v) is 13.5. The number of benzene rings is 1. The second-order valence-electron chi connectivity index (χ2n) is 13.5. The van der Waals surface area contributed by atoms with E-state index in [0.29, 0.717) is 31.4 Å². The molecule has 13 heteroatoms. The molecule has 1 aromatic rings. The Morgan fingerprint density at radius 1 is 1.21 bits per heavy atom. The van der Waals surface area contributed by atoms with Crippen LogP contribution in [0.5, 0.6) is 0 Å². The van der Waals surface area contributed by atoms with Gasteiger partial charge in [0, 0.05) is 18.6 Å². The summed E-state index contributed by atoms with van der Waals surface area (Å²) in [6.07, 6.45) is -3.45. The fourth-order valence-corrected chi connectivity index (χ4v) is 6.17. The highest BCUT2D eigenvalue weighted by Crippen LogP contribution is 2.37. The van der Waals surface area contributed by atoms with Crippen LogP contribution in [0.15, 0.2) is 24.3 Å². The highest BCUT2D eigenvalue weighted by molar-refractivity contribution is 6.43. The molecule has 0 bridgehead atoms. The molecule has 4 atom stereocenters. The van der Waals surface area contributed by atoms with Crippen LogP contribution in [-0.4, -0.2) is 82.7 Å². The normalized spacial score (nSPS) is 21.4. The Labute approximate surface area is 252 Å². The number of alkyl carbamates (subject to hydrolysis) is 1. The number of hydrogen-bond acceptors (Lipinski definition) is 7. The van der Waals surface area contributed by atoms with E-state index >= 15 is 0 Å². The number of hydrogen-bond donors (Lipinski definition) is 3. The van der Waals surface area contributed by atoms with Crippen molar-refractivity contribution in [3.8, 4) is 6.07 Å². The lowest BCUT2D eigenvalue weighted by atomic mass is 9.76. The summed E-state index contributed by atoms with van der Waals surface area (Å²) in [5.41, 5.74) is -0.428. The van der Waals surface area contributed by atoms with E-state index in [1.54, 1.807) is 4.90 Å². The van der Waals surface area contributed by atoms with Gasteiger partial charge in [0.2, 0.25) is 5.91 Å². The third-order valence-corrected chi connectivity index (χ3v) is 8.69. The Hall–Kier alpha value is -2.82. The first-order valence-electron chi connectivity index (χ1n) is 14.8. The van der Waals surface area contributed by atoms with Gasteiger partial charge in [0.05, 0.1) is 24.1 Å². The van der Waals surface area contributed by atoms with Gasteiger partial charge < -0.3 is 25.0 Å². The average Bonchev–Trinajstić information content (AvgIpc) is 3.28. The van der Waals surface area contributed by atoms with Gasteiger partial charge in [-0.05, 0) is 81.5 Å². The lowest BCUT2D eigenvalue weighted by Crippen LogP contribution is -2.51. The summed E-state index contributed by atoms with van der Waals surface area (Å²) in [5, 5.41) is 31.9. The molecule has 0 saturated carbocycles. The van der Waals surface area contributed by atoms with Crippen LogP contribution in [0.1, 0.15) is 71.4 Å². The SMILES string of the molecule is CC(CC(C)(C)N1CCC(C)(C)C1)C(C#N)C(=O)N1CCC[C@H](OC(=O)N[C@@H](Cc2ccc(C(F)(F)F)cc2)B(O)O)C1. The molecule has 0 aromatic heterocycles. The van der Waals surface area contributed by atoms with Crippen LogP contribution in [0.4, 0.5) is 18.0 Å². The zero-order chi connectivity index (χ0) is 32.2. The molecule has 1 aromatic carbocycles. The van der Waals surface area contributed by atoms with Gasteiger partial charge in [0.25, 0.3) is 0 Å². The van der Waals surface area contributed by atoms with Crippen molar-refractivity contribution in [1.29, 1.82) is 5.26 Å². The largest absolute Gasteiger partial charge is 0.475 e. The topological polar surface area (TPSA) is 126 Å². The van der Waals surface area contributed by atoms with E-state index in [1.165, 1.54) is 12.1 Å². The summed E-state index contributed by atoms with van der Waals surface area (Å²) >= 11 is 0. The molecule has 2 aliphatic heterocycles. The second kappa shape index (κ2) is 13.9. The molecular weight excluding hydrogens is 564 g/mol. The number of amides is 2. The highest BCUT2D eigenvalue weighted by Gasteiger charge is 2.41. The van der Waals surface area contributed by atoms with E-state index in [9.17, 15) is 38.1 Å². The van der Waals surface area contributed by atoms with Crippen LogP contribution in [0, 0.1) is 28.6 Å². The number of carbonyl (C=O) groups is 2. The van der Waals surface area contributed by atoms with E-state index in [0.717, 1.165) is 31.6 Å². The minimum atomic E-state index is -4.50. The molecule has 2 fully saturated rings. The van der Waals surface area contributed by atoms with E-state index in [-0.39, 0.29) is 35.7 Å². The number of likely N-dealkylation sites (tertiary alicyclic amines) is 2. The quantitative estimate of drug-likeness (QED) is 0.343. The molecule has 3 N–H and O–H groups in total. The number of nitrogens with zero attached hydrogens (tertiary/aromatic N) is 3. The van der Waals surface area contributed by atoms with Gasteiger partial charge in [-0.3, -0.25) is 9.69 Å². The van der Waals surface area contributed by atoms with Crippen LogP contribution >= 0.6 is 0 Å². The summed E-state index contributed by atoms with van der Waals surface area (Å²) in [5.74, 6) is -2.58. The van der Waals surface area contributed by atoms with Crippen LogP contribution in [0.3, 0.4) is 0 Å². The first-order chi connectivity index (χ1) is 19.9. The number of nitrogens with one attached hydrogen (secondary N) is 1. The standard InChI is InChI=1S/C30H44BF3N4O5/c1-20(16-29(4,5)38-14-12-28(2,3)19-38)24(17-35)26(39)37-13-6-7-23(18-37)43-27(40)36-25(31(41)42)15-21-8-10-22(11-9-21)30(32,33)34/h8-11,20,23-25,41-42H,6-7,12-16,18-19H2,1-5H3,(H,36,40)/t20?,23-,24?,25-/m0/s1. The maximum absolute atomic E-state index is 13.5. The van der Waals surface area contributed by atoms with Crippen LogP contribution in [0.2, 0.25) is 0 Å². The molecule has 2 saturated heterocycles. The first-order valence-corrected chi connectivity index (χ1v) is 14.8. The van der Waals surface area contributed by atoms with Crippen LogP contribution in [0.25, 0.3) is 0 Å². The van der Waals surface area contributed by atoms with Gasteiger partial charge in [0.1, 0.15) is 12.0 Å². The number of nitriles is 1. The van der Waals surface area contributed by atoms with Gasteiger partial charge in [-0.1, -0.05) is 32.9 Å². The number of ether oxygens (including phenoxy) is 1. The van der Waals surface area contributed by atoms with Crippen molar-refractivity contribution in [2.45, 2.75) is 90.5 Å². The lowest BCUT2D eigenvalue weighted by Gasteiger charge is -2.40. The third kappa shape index (κ3) is 9.58. The Balaban J connectivity index is 1.56. The molecular formula is C30H44BF3N4O5. The molecule has 2 aliphatic rings. The fourth-order valence-electron chi connectivity index (χ4n) is 6.17. The molecule has 0 spiro atoms. The maximum Gasteiger partial charge on any atom is 0.475 e. The summed E-state index contributed by atoms with van der Waals surface area (Å²) < 4.78 is 44.0. The maximum atomic E-state index is 13.5. The summed E-state index contributed by atoms with van der Waals surface area (Å²) in [7, 11) is -1.99. The van der Waals surface area contributed by atoms with Gasteiger partial charge >= 0.3 is 19.4 Å². The number of piperidine rings is 1. The fraction of sp³-hybridized carbons (Fsp3) is 0.700. The number of halogens is 3. The molecule has 2 heterocycles. The van der Waals surface area contributed by atoms with E-state index in [4.69, 9.17) is 4.74 Å². The molecule has 9 nitrogen and oxygen atoms in total. The van der Waals surface area contributed by atoms with E-state index in [2.05, 4.69) is 44.0 Å². The van der Waals surface area contributed by atoms with Crippen molar-refractivity contribution in [2.24, 2.45) is 17.3 Å². The van der Waals surface area contributed by atoms with Gasteiger partial charge in [-0.15, -0.1) is 0 Å². The Bertz CT molecular complexity index is 1160. The van der Waals surface area contributed by atoms with Crippen LogP contribution in [-0.2, 0) is 22.1 Å². The zero-order valence-corrected chi connectivity index (χ0v) is 25.7. The smallest absolute Gasteiger partial charge is 0.444 e. The molecule has 0 aliphatic carbocycles. The van der Waals surface area contributed by atoms with Gasteiger partial charge in [-0.2, -0.15) is 18.4 Å². The Kier molecular flexibility index (Phi) is 11.2. The predicted octanol–water partition coefficient (Wildman–Crippen LogP) is 4.02. The third-order valence-electron chi connectivity index (χ3n) is 8.69. The average molecular weight is 609 g/mol. The monoisotopic (exact) mass is 608 g/mol. The number of alkyl halides is 3. The van der Waals surface area contributed by atoms with E-state index < -0.39 is 42.9 Å². The van der Waals surface area contributed by atoms with Crippen molar-refractivity contribution in [2.75, 3.05) is 26.2 Å². The van der Waals surface area contributed by atoms with Gasteiger partial charge in [0.15, 0.2) is 0 Å². The molecule has 43 heavy (non-hydrogen) atoms. The minimum absolute atomic E-state index is 0.103. The van der Waals surface area contributed by atoms with Gasteiger partial charge in [-0.25, -0.2) is 4.79 Å². The van der Waals surface area contributed by atoms with Crippen molar-refractivity contribution in [1.82, 2.24) is 15.1 Å². The Morgan fingerprint density at radius 2 is 1.86 bits per heavy atom. The van der Waals surface area contributed by atoms with Crippen molar-refractivity contribution in [3.63, 3.8) is 0 Å². The number of carbonyl (C=O) groups excluding carboxylic acids is 2.